The Balaban J connectivity index is 2.74. The van der Waals surface area contributed by atoms with Gasteiger partial charge in [-0.25, -0.2) is 9.59 Å². The van der Waals surface area contributed by atoms with Crippen LogP contribution in [0.2, 0.25) is 0 Å². The second-order valence-corrected chi connectivity index (χ2v) is 2.98. The first-order valence-corrected chi connectivity index (χ1v) is 4.34. The lowest BCUT2D eigenvalue weighted by Gasteiger charge is -2.06. The number of carbonyl (C=O) groups is 1. The van der Waals surface area contributed by atoms with Crippen LogP contribution in [-0.2, 0) is 4.79 Å². The number of hydrogen-bond donors (Lipinski definition) is 0. The van der Waals surface area contributed by atoms with Crippen LogP contribution in [0.4, 0.5) is 0 Å². The molecule has 1 aromatic heterocycles. The van der Waals surface area contributed by atoms with E-state index in [1.165, 1.54) is 13.1 Å². The molecule has 0 amide bonds. The van der Waals surface area contributed by atoms with Crippen molar-refractivity contribution < 1.29 is 9.63 Å². The zero-order chi connectivity index (χ0) is 10.8. The minimum atomic E-state index is -0.607. The molecular weight excluding hydrogens is 196 g/mol. The van der Waals surface area contributed by atoms with Crippen LogP contribution in [0.3, 0.4) is 0 Å². The van der Waals surface area contributed by atoms with Gasteiger partial charge in [0.15, 0.2) is 0 Å². The van der Waals surface area contributed by atoms with Crippen molar-refractivity contribution >= 4 is 16.9 Å². The first-order valence-electron chi connectivity index (χ1n) is 4.34. The Labute approximate surface area is 84.9 Å². The minimum Gasteiger partial charge on any atom is -0.332 e. The number of aromatic nitrogens is 2. The summed E-state index contributed by atoms with van der Waals surface area (Å²) in [5.74, 6) is -0.560. The van der Waals surface area contributed by atoms with E-state index in [0.717, 1.165) is 10.1 Å². The Morgan fingerprint density at radius 1 is 1.40 bits per heavy atom. The minimum absolute atomic E-state index is 0.521. The number of hydrogen-bond acceptors (Lipinski definition) is 4. The molecule has 0 radical (unpaired) electrons. The van der Waals surface area contributed by atoms with E-state index in [1.54, 1.807) is 18.2 Å². The molecule has 15 heavy (non-hydrogen) atoms. The van der Waals surface area contributed by atoms with E-state index in [4.69, 9.17) is 4.84 Å². The maximum Gasteiger partial charge on any atom is 0.381 e. The van der Waals surface area contributed by atoms with Crippen molar-refractivity contribution in [2.75, 3.05) is 0 Å². The second kappa shape index (κ2) is 3.53. The summed E-state index contributed by atoms with van der Waals surface area (Å²) in [5, 5.41) is 0.735. The average molecular weight is 204 g/mol. The van der Waals surface area contributed by atoms with Gasteiger partial charge in [0, 0.05) is 18.5 Å². The molecule has 0 aliphatic rings. The normalized spacial score (nSPS) is 10.2. The summed E-state index contributed by atoms with van der Waals surface area (Å²) < 4.78 is 0.887. The lowest BCUT2D eigenvalue weighted by atomic mass is 10.2. The van der Waals surface area contributed by atoms with Gasteiger partial charge in [0.05, 0.1) is 5.52 Å². The summed E-state index contributed by atoms with van der Waals surface area (Å²) in [6.07, 6.45) is 1.44. The summed E-state index contributed by atoms with van der Waals surface area (Å²) in [6.45, 7) is 1.23. The molecule has 0 fully saturated rings. The fourth-order valence-corrected chi connectivity index (χ4v) is 1.28. The first-order chi connectivity index (χ1) is 7.18. The van der Waals surface area contributed by atoms with E-state index in [9.17, 15) is 9.59 Å². The van der Waals surface area contributed by atoms with Crippen LogP contribution >= 0.6 is 0 Å². The van der Waals surface area contributed by atoms with Gasteiger partial charge in [0.25, 0.3) is 0 Å². The highest BCUT2D eigenvalue weighted by atomic mass is 16.7. The molecule has 0 unspecified atom stereocenters. The molecule has 5 nitrogen and oxygen atoms in total. The molecule has 0 aliphatic heterocycles. The Bertz CT molecular complexity index is 574. The van der Waals surface area contributed by atoms with Gasteiger partial charge in [-0.3, -0.25) is 0 Å². The third-order valence-electron chi connectivity index (χ3n) is 1.86. The van der Waals surface area contributed by atoms with Crippen molar-refractivity contribution in [3.8, 4) is 0 Å². The van der Waals surface area contributed by atoms with Crippen LogP contribution < -0.4 is 10.5 Å². The molecular formula is C10H8N2O3. The maximum atomic E-state index is 11.3. The smallest absolute Gasteiger partial charge is 0.332 e. The molecule has 1 aromatic carbocycles. The van der Waals surface area contributed by atoms with E-state index in [1.807, 2.05) is 6.07 Å². The van der Waals surface area contributed by atoms with Gasteiger partial charge in [-0.2, -0.15) is 4.98 Å². The molecule has 2 aromatic rings. The van der Waals surface area contributed by atoms with Gasteiger partial charge < -0.3 is 4.84 Å². The second-order valence-electron chi connectivity index (χ2n) is 2.98. The van der Waals surface area contributed by atoms with Crippen LogP contribution in [0.1, 0.15) is 6.92 Å². The van der Waals surface area contributed by atoms with E-state index in [0.29, 0.717) is 5.52 Å². The monoisotopic (exact) mass is 204 g/mol. The van der Waals surface area contributed by atoms with Crippen molar-refractivity contribution in [2.45, 2.75) is 6.92 Å². The van der Waals surface area contributed by atoms with Crippen molar-refractivity contribution in [3.05, 3.63) is 40.9 Å². The highest BCUT2D eigenvalue weighted by Gasteiger charge is 2.05. The van der Waals surface area contributed by atoms with Gasteiger partial charge in [0.2, 0.25) is 0 Å². The molecule has 5 heteroatoms. The molecule has 0 spiro atoms. The van der Waals surface area contributed by atoms with Gasteiger partial charge in [-0.1, -0.05) is 18.2 Å². The van der Waals surface area contributed by atoms with Crippen molar-refractivity contribution in [1.82, 2.24) is 9.71 Å². The molecule has 0 aliphatic carbocycles. The largest absolute Gasteiger partial charge is 0.381 e. The Morgan fingerprint density at radius 2 is 2.13 bits per heavy atom. The van der Waals surface area contributed by atoms with Crippen LogP contribution in [0.25, 0.3) is 10.9 Å². The van der Waals surface area contributed by atoms with Crippen LogP contribution in [-0.4, -0.2) is 15.7 Å². The number of fused-ring (bicyclic) bond motifs is 1. The standard InChI is InChI=1S/C10H8N2O3/c1-7(13)15-12-9-5-3-2-4-8(9)6-11-10(12)14/h2-6H,1H3. The van der Waals surface area contributed by atoms with Crippen molar-refractivity contribution in [1.29, 1.82) is 0 Å². The fraction of sp³-hybridized carbons (Fsp3) is 0.100. The Kier molecular flexibility index (Phi) is 2.21. The fourth-order valence-electron chi connectivity index (χ4n) is 1.28. The van der Waals surface area contributed by atoms with E-state index < -0.39 is 11.7 Å². The average Bonchev–Trinajstić information content (AvgIpc) is 2.22. The third kappa shape index (κ3) is 1.71. The van der Waals surface area contributed by atoms with Crippen LogP contribution in [0.5, 0.6) is 0 Å². The molecule has 0 saturated carbocycles. The van der Waals surface area contributed by atoms with Crippen LogP contribution in [0.15, 0.2) is 35.3 Å². The summed E-state index contributed by atoms with van der Waals surface area (Å²) in [4.78, 5) is 30.5. The van der Waals surface area contributed by atoms with E-state index >= 15 is 0 Å². The molecule has 0 saturated heterocycles. The Hall–Kier alpha value is -2.17. The predicted molar refractivity (Wildman–Crippen MR) is 53.3 cm³/mol. The van der Waals surface area contributed by atoms with Gasteiger partial charge in [-0.15, -0.1) is 4.73 Å². The third-order valence-corrected chi connectivity index (χ3v) is 1.86. The summed E-state index contributed by atoms with van der Waals surface area (Å²) in [5.41, 5.74) is -0.0865. The predicted octanol–water partition coefficient (Wildman–Crippen LogP) is 0.372. The lowest BCUT2D eigenvalue weighted by Crippen LogP contribution is -2.31. The molecule has 0 atom stereocenters. The van der Waals surface area contributed by atoms with Crippen molar-refractivity contribution in [2.24, 2.45) is 0 Å². The van der Waals surface area contributed by atoms with Gasteiger partial charge in [0.1, 0.15) is 0 Å². The summed E-state index contributed by atoms with van der Waals surface area (Å²) >= 11 is 0. The van der Waals surface area contributed by atoms with Gasteiger partial charge >= 0.3 is 11.7 Å². The Morgan fingerprint density at radius 3 is 2.87 bits per heavy atom. The van der Waals surface area contributed by atoms with Gasteiger partial charge in [-0.05, 0) is 6.07 Å². The maximum absolute atomic E-state index is 11.3. The SMILES string of the molecule is CC(=O)On1c(=O)ncc2ccccc21. The molecule has 76 valence electrons. The molecule has 0 bridgehead atoms. The summed E-state index contributed by atoms with van der Waals surface area (Å²) in [6, 6.07) is 7.03. The number of rotatable bonds is 1. The number of nitrogens with zero attached hydrogens (tertiary/aromatic N) is 2. The van der Waals surface area contributed by atoms with Crippen LogP contribution in [0, 0.1) is 0 Å². The molecule has 2 rings (SSSR count). The zero-order valence-corrected chi connectivity index (χ0v) is 8.01. The first kappa shape index (κ1) is 9.39. The highest BCUT2D eigenvalue weighted by molar-refractivity contribution is 5.78. The lowest BCUT2D eigenvalue weighted by molar-refractivity contribution is -0.141. The number of benzene rings is 1. The molecule has 0 N–H and O–H groups in total. The van der Waals surface area contributed by atoms with Crippen molar-refractivity contribution in [3.63, 3.8) is 0 Å². The van der Waals surface area contributed by atoms with E-state index in [-0.39, 0.29) is 0 Å². The highest BCUT2D eigenvalue weighted by Crippen LogP contribution is 2.08. The number of carbonyl (C=O) groups excluding carboxylic acids is 1. The zero-order valence-electron chi connectivity index (χ0n) is 8.01. The summed E-state index contributed by atoms with van der Waals surface area (Å²) in [7, 11) is 0. The topological polar surface area (TPSA) is 61.2 Å². The molecule has 1 heterocycles. The quantitative estimate of drug-likeness (QED) is 0.673. The number of para-hydroxylation sites is 1. The van der Waals surface area contributed by atoms with E-state index in [2.05, 4.69) is 4.98 Å².